The van der Waals surface area contributed by atoms with Crippen molar-refractivity contribution < 1.29 is 22.3 Å². The number of carbonyl (C=O) groups excluding carboxylic acids is 1. The van der Waals surface area contributed by atoms with Gasteiger partial charge in [-0.2, -0.15) is 8.42 Å². The minimum atomic E-state index is -4.18. The van der Waals surface area contributed by atoms with Gasteiger partial charge in [0.05, 0.1) is 12.7 Å². The summed E-state index contributed by atoms with van der Waals surface area (Å²) in [6.45, 7) is 0. The molecule has 1 aromatic carbocycles. The van der Waals surface area contributed by atoms with Crippen LogP contribution < -0.4 is 4.72 Å². The van der Waals surface area contributed by atoms with Gasteiger partial charge in [-0.25, -0.2) is 14.2 Å². The van der Waals surface area contributed by atoms with Crippen molar-refractivity contribution >= 4 is 21.7 Å². The Bertz CT molecular complexity index is 777. The molecule has 0 saturated carbocycles. The zero-order chi connectivity index (χ0) is 15.5. The summed E-state index contributed by atoms with van der Waals surface area (Å²) in [4.78, 5) is 14.9. The summed E-state index contributed by atoms with van der Waals surface area (Å²) in [5.41, 5.74) is 0.266. The minimum Gasteiger partial charge on any atom is -0.465 e. The first-order valence-electron chi connectivity index (χ1n) is 5.76. The van der Waals surface area contributed by atoms with E-state index in [-0.39, 0.29) is 11.3 Å². The molecule has 0 unspecified atom stereocenters. The quantitative estimate of drug-likeness (QED) is 0.870. The predicted molar refractivity (Wildman–Crippen MR) is 72.8 cm³/mol. The topological polar surface area (TPSA) is 85.4 Å². The lowest BCUT2D eigenvalue weighted by molar-refractivity contribution is 0.0601. The van der Waals surface area contributed by atoms with Crippen molar-refractivity contribution in [3.05, 3.63) is 54.0 Å². The fourth-order valence-electron chi connectivity index (χ4n) is 1.60. The molecule has 1 heterocycles. The Hall–Kier alpha value is -2.48. The predicted octanol–water partition coefficient (Wildman–Crippen LogP) is 1.81. The van der Waals surface area contributed by atoms with Crippen molar-refractivity contribution in [3.8, 4) is 0 Å². The molecule has 0 aliphatic carbocycles. The van der Waals surface area contributed by atoms with Gasteiger partial charge in [0.15, 0.2) is 5.82 Å². The number of benzene rings is 1. The molecule has 0 atom stereocenters. The number of ether oxygens (including phenoxy) is 1. The fraction of sp³-hybridized carbons (Fsp3) is 0.0769. The molecular weight excluding hydrogens is 299 g/mol. The summed E-state index contributed by atoms with van der Waals surface area (Å²) in [5.74, 6) is -1.57. The third kappa shape index (κ3) is 3.34. The van der Waals surface area contributed by atoms with E-state index in [9.17, 15) is 17.6 Å². The number of nitrogens with one attached hydrogen (secondary N) is 1. The largest absolute Gasteiger partial charge is 0.465 e. The monoisotopic (exact) mass is 310 g/mol. The van der Waals surface area contributed by atoms with E-state index in [1.807, 2.05) is 0 Å². The summed E-state index contributed by atoms with van der Waals surface area (Å²) in [5, 5.41) is -0.714. The Kier molecular flexibility index (Phi) is 4.18. The number of hydrogen-bond donors (Lipinski definition) is 1. The first kappa shape index (κ1) is 14.9. The first-order valence-corrected chi connectivity index (χ1v) is 7.24. The van der Waals surface area contributed by atoms with Crippen LogP contribution in [0, 0.1) is 5.82 Å². The van der Waals surface area contributed by atoms with Crippen LogP contribution in [0.5, 0.6) is 0 Å². The maximum Gasteiger partial charge on any atom is 0.337 e. The lowest BCUT2D eigenvalue weighted by atomic mass is 10.2. The number of carbonyl (C=O) groups is 1. The van der Waals surface area contributed by atoms with Crippen molar-refractivity contribution in [2.45, 2.75) is 5.03 Å². The van der Waals surface area contributed by atoms with Crippen LogP contribution >= 0.6 is 0 Å². The van der Waals surface area contributed by atoms with Crippen LogP contribution in [0.15, 0.2) is 47.6 Å². The number of methoxy groups -OCH3 is 1. The van der Waals surface area contributed by atoms with E-state index in [2.05, 4.69) is 14.4 Å². The lowest BCUT2D eigenvalue weighted by Gasteiger charge is -2.08. The van der Waals surface area contributed by atoms with Crippen molar-refractivity contribution in [1.29, 1.82) is 0 Å². The highest BCUT2D eigenvalue weighted by Gasteiger charge is 2.20. The molecule has 0 aliphatic rings. The van der Waals surface area contributed by atoms with Gasteiger partial charge in [-0.3, -0.25) is 4.72 Å². The fourth-order valence-corrected chi connectivity index (χ4v) is 2.66. The second-order valence-electron chi connectivity index (χ2n) is 3.97. The van der Waals surface area contributed by atoms with Crippen molar-refractivity contribution in [3.63, 3.8) is 0 Å². The van der Waals surface area contributed by atoms with Gasteiger partial charge in [-0.1, -0.05) is 6.07 Å². The third-order valence-electron chi connectivity index (χ3n) is 2.52. The van der Waals surface area contributed by atoms with Crippen molar-refractivity contribution in [1.82, 2.24) is 4.98 Å². The SMILES string of the molecule is COC(=O)c1cccc(NS(=O)(=O)c2ncccc2F)c1. The molecule has 0 fully saturated rings. The molecular formula is C13H11FN2O4S. The average Bonchev–Trinajstić information content (AvgIpc) is 2.46. The Labute approximate surface area is 120 Å². The van der Waals surface area contributed by atoms with Crippen LogP contribution in [0.3, 0.4) is 0 Å². The van der Waals surface area contributed by atoms with Gasteiger partial charge in [0.2, 0.25) is 5.03 Å². The van der Waals surface area contributed by atoms with Crippen LogP contribution in [0.25, 0.3) is 0 Å². The van der Waals surface area contributed by atoms with Crippen LogP contribution in [0.4, 0.5) is 10.1 Å². The summed E-state index contributed by atoms with van der Waals surface area (Å²) in [6.07, 6.45) is 1.17. The zero-order valence-electron chi connectivity index (χ0n) is 10.9. The van der Waals surface area contributed by atoms with E-state index in [1.54, 1.807) is 0 Å². The molecule has 110 valence electrons. The molecule has 0 aliphatic heterocycles. The number of hydrogen-bond acceptors (Lipinski definition) is 5. The van der Waals surface area contributed by atoms with Crippen molar-refractivity contribution in [2.75, 3.05) is 11.8 Å². The first-order chi connectivity index (χ1) is 9.94. The number of rotatable bonds is 4. The third-order valence-corrected chi connectivity index (χ3v) is 3.83. The molecule has 21 heavy (non-hydrogen) atoms. The molecule has 8 heteroatoms. The molecule has 0 amide bonds. The van der Waals surface area contributed by atoms with E-state index in [0.717, 1.165) is 6.07 Å². The number of nitrogens with zero attached hydrogens (tertiary/aromatic N) is 1. The molecule has 2 rings (SSSR count). The Morgan fingerprint density at radius 2 is 2.05 bits per heavy atom. The summed E-state index contributed by atoms with van der Waals surface area (Å²) >= 11 is 0. The van der Waals surface area contributed by atoms with Crippen LogP contribution in [0.2, 0.25) is 0 Å². The summed E-state index contributed by atoms with van der Waals surface area (Å²) in [7, 11) is -2.97. The van der Waals surface area contributed by atoms with Gasteiger partial charge in [0.25, 0.3) is 10.0 Å². The Morgan fingerprint density at radius 1 is 1.29 bits per heavy atom. The van der Waals surface area contributed by atoms with E-state index in [1.165, 1.54) is 43.6 Å². The molecule has 6 nitrogen and oxygen atoms in total. The van der Waals surface area contributed by atoms with Gasteiger partial charge >= 0.3 is 5.97 Å². The van der Waals surface area contributed by atoms with Gasteiger partial charge in [-0.15, -0.1) is 0 Å². The smallest absolute Gasteiger partial charge is 0.337 e. The number of esters is 1. The zero-order valence-corrected chi connectivity index (χ0v) is 11.7. The van der Waals surface area contributed by atoms with Crippen LogP contribution in [-0.4, -0.2) is 26.5 Å². The van der Waals surface area contributed by atoms with E-state index >= 15 is 0 Å². The lowest BCUT2D eigenvalue weighted by Crippen LogP contribution is -2.16. The Balaban J connectivity index is 2.34. The number of pyridine rings is 1. The minimum absolute atomic E-state index is 0.1000. The molecule has 1 aromatic heterocycles. The Morgan fingerprint density at radius 3 is 2.71 bits per heavy atom. The highest BCUT2D eigenvalue weighted by Crippen LogP contribution is 2.18. The molecule has 1 N–H and O–H groups in total. The molecule has 0 bridgehead atoms. The average molecular weight is 310 g/mol. The normalized spacial score (nSPS) is 11.0. The summed E-state index contributed by atoms with van der Waals surface area (Å²) < 4.78 is 44.3. The van der Waals surface area contributed by atoms with Gasteiger partial charge in [-0.05, 0) is 30.3 Å². The molecule has 2 aromatic rings. The molecule has 0 spiro atoms. The molecule has 0 radical (unpaired) electrons. The molecule has 0 saturated heterocycles. The number of halogens is 1. The number of aromatic nitrogens is 1. The van der Waals surface area contributed by atoms with E-state index in [4.69, 9.17) is 0 Å². The number of sulfonamides is 1. The van der Waals surface area contributed by atoms with Gasteiger partial charge in [0, 0.05) is 11.9 Å². The van der Waals surface area contributed by atoms with Crippen LogP contribution in [-0.2, 0) is 14.8 Å². The second-order valence-corrected chi connectivity index (χ2v) is 5.57. The maximum atomic E-state index is 13.5. The highest BCUT2D eigenvalue weighted by atomic mass is 32.2. The van der Waals surface area contributed by atoms with Crippen LogP contribution in [0.1, 0.15) is 10.4 Å². The number of anilines is 1. The van der Waals surface area contributed by atoms with E-state index in [0.29, 0.717) is 0 Å². The van der Waals surface area contributed by atoms with Gasteiger partial charge in [0.1, 0.15) is 0 Å². The standard InChI is InChI=1S/C13H11FN2O4S/c1-20-13(17)9-4-2-5-10(8-9)16-21(18,19)12-11(14)6-3-7-15-12/h2-8,16H,1H3. The highest BCUT2D eigenvalue weighted by molar-refractivity contribution is 7.92. The van der Waals surface area contributed by atoms with Crippen molar-refractivity contribution in [2.24, 2.45) is 0 Å². The van der Waals surface area contributed by atoms with E-state index < -0.39 is 26.8 Å². The maximum absolute atomic E-state index is 13.5. The summed E-state index contributed by atoms with van der Waals surface area (Å²) in [6, 6.07) is 7.91. The van der Waals surface area contributed by atoms with Gasteiger partial charge < -0.3 is 4.74 Å². The second kappa shape index (κ2) is 5.88.